The number of hydrogen-bond acceptors (Lipinski definition) is 5. The molecule has 1 N–H and O–H groups in total. The molecule has 20 heavy (non-hydrogen) atoms. The van der Waals surface area contributed by atoms with E-state index in [2.05, 4.69) is 22.1 Å². The molecule has 0 radical (unpaired) electrons. The summed E-state index contributed by atoms with van der Waals surface area (Å²) in [6.07, 6.45) is 4.32. The summed E-state index contributed by atoms with van der Waals surface area (Å²) in [5.41, 5.74) is 1.83. The summed E-state index contributed by atoms with van der Waals surface area (Å²) in [6, 6.07) is 10.2. The van der Waals surface area contributed by atoms with Gasteiger partial charge in [0.15, 0.2) is 5.16 Å². The third-order valence-electron chi connectivity index (χ3n) is 2.83. The minimum Gasteiger partial charge on any atom is -0.547 e. The van der Waals surface area contributed by atoms with E-state index in [0.29, 0.717) is 16.6 Å². The predicted molar refractivity (Wildman–Crippen MR) is 82.1 cm³/mol. The molecule has 0 unspecified atom stereocenters. The molecule has 104 valence electrons. The van der Waals surface area contributed by atoms with Crippen molar-refractivity contribution < 1.29 is 9.76 Å². The Balaban J connectivity index is 2.08. The van der Waals surface area contributed by atoms with Crippen molar-refractivity contribution in [2.75, 3.05) is 6.26 Å². The van der Waals surface area contributed by atoms with Crippen LogP contribution in [0.5, 0.6) is 5.88 Å². The second-order valence-electron chi connectivity index (χ2n) is 4.46. The molecule has 0 fully saturated rings. The number of rotatable bonds is 6. The summed E-state index contributed by atoms with van der Waals surface area (Å²) in [6.45, 7) is 1.85. The average Bonchev–Trinajstić information content (AvgIpc) is 2.48. The molecule has 1 aromatic carbocycles. The van der Waals surface area contributed by atoms with Gasteiger partial charge in [0.25, 0.3) is 0 Å². The Labute approximate surface area is 123 Å². The van der Waals surface area contributed by atoms with E-state index in [1.807, 2.05) is 31.3 Å². The third kappa shape index (κ3) is 3.98. The standard InChI is InChI=1S/C14H17BN2O2S/c1-15(8-11-6-4-3-5-7-11)19-13-12(10-18)9-16-14(17-13)20-2/h3-7,9,18H,8,10H2,1-2H3. The van der Waals surface area contributed by atoms with Crippen molar-refractivity contribution in [2.24, 2.45) is 0 Å². The molecule has 2 aromatic rings. The van der Waals surface area contributed by atoms with Crippen LogP contribution in [0.2, 0.25) is 6.82 Å². The molecule has 0 amide bonds. The number of aliphatic hydroxyl groups excluding tert-OH is 1. The Morgan fingerprint density at radius 3 is 2.70 bits per heavy atom. The zero-order valence-electron chi connectivity index (χ0n) is 11.6. The van der Waals surface area contributed by atoms with Crippen molar-refractivity contribution in [1.29, 1.82) is 0 Å². The SMILES string of the molecule is CSc1ncc(CO)c(OB(C)Cc2ccccc2)n1. The second-order valence-corrected chi connectivity index (χ2v) is 5.24. The van der Waals surface area contributed by atoms with Crippen LogP contribution in [-0.2, 0) is 12.9 Å². The van der Waals surface area contributed by atoms with Gasteiger partial charge in [-0.15, -0.1) is 0 Å². The normalized spacial score (nSPS) is 10.3. The molecule has 1 heterocycles. The highest BCUT2D eigenvalue weighted by molar-refractivity contribution is 7.98. The molecular formula is C14H17BN2O2S. The van der Waals surface area contributed by atoms with Crippen LogP contribution in [0.15, 0.2) is 41.7 Å². The van der Waals surface area contributed by atoms with Crippen LogP contribution < -0.4 is 4.65 Å². The molecule has 1 aromatic heterocycles. The number of hydrogen-bond donors (Lipinski definition) is 1. The van der Waals surface area contributed by atoms with Crippen LogP contribution in [0.1, 0.15) is 11.1 Å². The van der Waals surface area contributed by atoms with E-state index in [1.165, 1.54) is 17.3 Å². The topological polar surface area (TPSA) is 55.2 Å². The number of nitrogens with zero attached hydrogens (tertiary/aromatic N) is 2. The summed E-state index contributed by atoms with van der Waals surface area (Å²) in [4.78, 5) is 8.45. The Kier molecular flexibility index (Phi) is 5.44. The Hall–Kier alpha value is -1.53. The largest absolute Gasteiger partial charge is 0.547 e. The highest BCUT2D eigenvalue weighted by atomic mass is 32.2. The van der Waals surface area contributed by atoms with E-state index in [4.69, 9.17) is 4.65 Å². The summed E-state index contributed by atoms with van der Waals surface area (Å²) in [5.74, 6) is 0.468. The summed E-state index contributed by atoms with van der Waals surface area (Å²) in [5, 5.41) is 9.96. The highest BCUT2D eigenvalue weighted by Crippen LogP contribution is 2.20. The van der Waals surface area contributed by atoms with Gasteiger partial charge in [-0.05, 0) is 19.4 Å². The van der Waals surface area contributed by atoms with Gasteiger partial charge in [-0.2, -0.15) is 4.98 Å². The Morgan fingerprint density at radius 1 is 1.30 bits per heavy atom. The minimum atomic E-state index is -0.123. The van der Waals surface area contributed by atoms with Gasteiger partial charge in [-0.1, -0.05) is 47.7 Å². The second kappa shape index (κ2) is 7.31. The molecule has 0 bridgehead atoms. The monoisotopic (exact) mass is 288 g/mol. The highest BCUT2D eigenvalue weighted by Gasteiger charge is 2.16. The van der Waals surface area contributed by atoms with Crippen LogP contribution in [0, 0.1) is 0 Å². The maximum absolute atomic E-state index is 9.32. The predicted octanol–water partition coefficient (Wildman–Crippen LogP) is 2.47. The lowest BCUT2D eigenvalue weighted by Gasteiger charge is -2.14. The van der Waals surface area contributed by atoms with Crippen LogP contribution in [0.4, 0.5) is 0 Å². The zero-order chi connectivity index (χ0) is 14.4. The third-order valence-corrected chi connectivity index (χ3v) is 3.40. The van der Waals surface area contributed by atoms with E-state index in [-0.39, 0.29) is 13.5 Å². The van der Waals surface area contributed by atoms with Gasteiger partial charge < -0.3 is 9.76 Å². The summed E-state index contributed by atoms with van der Waals surface area (Å²) < 4.78 is 5.86. The van der Waals surface area contributed by atoms with Gasteiger partial charge in [0, 0.05) is 6.20 Å². The molecule has 0 aliphatic heterocycles. The van der Waals surface area contributed by atoms with Crippen molar-refractivity contribution in [2.45, 2.75) is 24.9 Å². The van der Waals surface area contributed by atoms with Gasteiger partial charge in [-0.3, -0.25) is 0 Å². The van der Waals surface area contributed by atoms with Crippen LogP contribution >= 0.6 is 11.8 Å². The Morgan fingerprint density at radius 2 is 2.05 bits per heavy atom. The molecular weight excluding hydrogens is 271 g/mol. The lowest BCUT2D eigenvalue weighted by molar-refractivity contribution is 0.276. The van der Waals surface area contributed by atoms with E-state index in [0.717, 1.165) is 6.32 Å². The molecule has 6 heteroatoms. The molecule has 0 spiro atoms. The fourth-order valence-corrected chi connectivity index (χ4v) is 2.20. The van der Waals surface area contributed by atoms with E-state index < -0.39 is 0 Å². The molecule has 0 atom stereocenters. The first kappa shape index (κ1) is 14.9. The van der Waals surface area contributed by atoms with Crippen LogP contribution in [-0.4, -0.2) is 28.2 Å². The van der Waals surface area contributed by atoms with Crippen LogP contribution in [0.25, 0.3) is 0 Å². The molecule has 0 saturated heterocycles. The maximum Gasteiger partial charge on any atom is 0.361 e. The summed E-state index contributed by atoms with van der Waals surface area (Å²) in [7, 11) is 0. The maximum atomic E-state index is 9.32. The number of aliphatic hydroxyl groups is 1. The minimum absolute atomic E-state index is 0.0210. The Bertz CT molecular complexity index is 554. The van der Waals surface area contributed by atoms with Crippen molar-refractivity contribution >= 4 is 18.7 Å². The van der Waals surface area contributed by atoms with Crippen molar-refractivity contribution in [1.82, 2.24) is 9.97 Å². The van der Waals surface area contributed by atoms with Gasteiger partial charge in [0.05, 0.1) is 12.2 Å². The van der Waals surface area contributed by atoms with Gasteiger partial charge in [0.2, 0.25) is 5.88 Å². The molecule has 0 aliphatic rings. The van der Waals surface area contributed by atoms with Crippen molar-refractivity contribution in [3.63, 3.8) is 0 Å². The molecule has 0 aliphatic carbocycles. The first-order chi connectivity index (χ1) is 9.72. The number of aromatic nitrogens is 2. The first-order valence-electron chi connectivity index (χ1n) is 6.44. The van der Waals surface area contributed by atoms with Gasteiger partial charge in [-0.25, -0.2) is 4.98 Å². The molecule has 2 rings (SSSR count). The average molecular weight is 288 g/mol. The van der Waals surface area contributed by atoms with E-state index in [1.54, 1.807) is 6.20 Å². The number of benzene rings is 1. The van der Waals surface area contributed by atoms with Crippen LogP contribution in [0.3, 0.4) is 0 Å². The van der Waals surface area contributed by atoms with Crippen molar-refractivity contribution in [3.8, 4) is 5.88 Å². The van der Waals surface area contributed by atoms with Gasteiger partial charge >= 0.3 is 6.92 Å². The zero-order valence-corrected chi connectivity index (χ0v) is 12.4. The first-order valence-corrected chi connectivity index (χ1v) is 7.66. The molecule has 0 saturated carbocycles. The lowest BCUT2D eigenvalue weighted by atomic mass is 9.65. The van der Waals surface area contributed by atoms with Crippen molar-refractivity contribution in [3.05, 3.63) is 47.7 Å². The van der Waals surface area contributed by atoms with E-state index in [9.17, 15) is 5.11 Å². The number of thioether (sulfide) groups is 1. The lowest BCUT2D eigenvalue weighted by Crippen LogP contribution is -2.22. The molecule has 4 nitrogen and oxygen atoms in total. The fourth-order valence-electron chi connectivity index (χ4n) is 1.86. The quantitative estimate of drug-likeness (QED) is 0.503. The smallest absolute Gasteiger partial charge is 0.361 e. The summed E-state index contributed by atoms with van der Waals surface area (Å²) >= 11 is 1.45. The fraction of sp³-hybridized carbons (Fsp3) is 0.286. The van der Waals surface area contributed by atoms with Gasteiger partial charge in [0.1, 0.15) is 0 Å². The van der Waals surface area contributed by atoms with E-state index >= 15 is 0 Å².